The number of carbonyl (C=O) groups excluding carboxylic acids is 1. The normalized spacial score (nSPS) is 27.8. The van der Waals surface area contributed by atoms with Crippen molar-refractivity contribution in [1.82, 2.24) is 5.32 Å². The Morgan fingerprint density at radius 3 is 2.38 bits per heavy atom. The largest absolute Gasteiger partial charge is 0.353 e. The van der Waals surface area contributed by atoms with Crippen molar-refractivity contribution in [2.24, 2.45) is 17.6 Å². The number of carbonyl (C=O) groups is 1. The molecule has 0 aromatic carbocycles. The molecule has 16 heavy (non-hydrogen) atoms. The molecular weight excluding hydrogens is 200 g/mol. The molecule has 1 saturated carbocycles. The van der Waals surface area contributed by atoms with Crippen molar-refractivity contribution < 1.29 is 4.79 Å². The van der Waals surface area contributed by atoms with Gasteiger partial charge in [-0.25, -0.2) is 0 Å². The zero-order valence-electron chi connectivity index (χ0n) is 10.8. The third kappa shape index (κ3) is 4.52. The Morgan fingerprint density at radius 2 is 1.88 bits per heavy atom. The van der Waals surface area contributed by atoms with Crippen LogP contribution in [-0.2, 0) is 4.79 Å². The minimum atomic E-state index is -0.0116. The number of nitrogens with one attached hydrogen (secondary N) is 1. The van der Waals surface area contributed by atoms with Crippen LogP contribution in [0, 0.1) is 11.8 Å². The first-order chi connectivity index (χ1) is 7.49. The molecule has 1 unspecified atom stereocenters. The lowest BCUT2D eigenvalue weighted by Gasteiger charge is -2.27. The molecule has 1 rings (SSSR count). The van der Waals surface area contributed by atoms with E-state index in [1.807, 2.05) is 0 Å². The van der Waals surface area contributed by atoms with Gasteiger partial charge in [0.2, 0.25) is 5.91 Å². The number of nitrogens with two attached hydrogens (primary N) is 1. The summed E-state index contributed by atoms with van der Waals surface area (Å²) in [4.78, 5) is 11.7. The van der Waals surface area contributed by atoms with E-state index in [0.29, 0.717) is 18.4 Å². The van der Waals surface area contributed by atoms with E-state index in [9.17, 15) is 4.79 Å². The van der Waals surface area contributed by atoms with Crippen LogP contribution in [0.25, 0.3) is 0 Å². The lowest BCUT2D eigenvalue weighted by molar-refractivity contribution is -0.122. The average Bonchev–Trinajstić information content (AvgIpc) is 2.21. The van der Waals surface area contributed by atoms with Crippen LogP contribution in [0.5, 0.6) is 0 Å². The van der Waals surface area contributed by atoms with Crippen molar-refractivity contribution in [1.29, 1.82) is 0 Å². The smallest absolute Gasteiger partial charge is 0.221 e. The molecule has 0 bridgehead atoms. The van der Waals surface area contributed by atoms with Crippen LogP contribution in [0.1, 0.15) is 52.9 Å². The summed E-state index contributed by atoms with van der Waals surface area (Å²) >= 11 is 0. The standard InChI is InChI=1S/C13H26N2O/c1-9(2)12(14)8-13(16)15-11-6-4-10(3)5-7-11/h9-12H,4-8,14H2,1-3H3,(H,15,16). The molecule has 0 spiro atoms. The van der Waals surface area contributed by atoms with Gasteiger partial charge >= 0.3 is 0 Å². The molecule has 1 fully saturated rings. The Morgan fingerprint density at radius 1 is 1.31 bits per heavy atom. The number of hydrogen-bond acceptors (Lipinski definition) is 2. The second kappa shape index (κ2) is 6.24. The third-order valence-corrected chi connectivity index (χ3v) is 3.66. The Bertz CT molecular complexity index is 220. The van der Waals surface area contributed by atoms with Gasteiger partial charge in [-0.3, -0.25) is 4.79 Å². The van der Waals surface area contributed by atoms with Crippen LogP contribution < -0.4 is 11.1 Å². The SMILES string of the molecule is CC1CCC(NC(=O)CC(N)C(C)C)CC1. The zero-order chi connectivity index (χ0) is 12.1. The number of hydrogen-bond donors (Lipinski definition) is 2. The summed E-state index contributed by atoms with van der Waals surface area (Å²) in [5, 5.41) is 3.11. The van der Waals surface area contributed by atoms with E-state index in [1.54, 1.807) is 0 Å². The monoisotopic (exact) mass is 226 g/mol. The summed E-state index contributed by atoms with van der Waals surface area (Å²) in [7, 11) is 0. The molecular formula is C13H26N2O. The van der Waals surface area contributed by atoms with E-state index >= 15 is 0 Å². The summed E-state index contributed by atoms with van der Waals surface area (Å²) in [5.41, 5.74) is 5.88. The first-order valence-corrected chi connectivity index (χ1v) is 6.54. The highest BCUT2D eigenvalue weighted by molar-refractivity contribution is 5.76. The molecule has 1 amide bonds. The molecule has 1 atom stereocenters. The highest BCUT2D eigenvalue weighted by Crippen LogP contribution is 2.23. The fraction of sp³-hybridized carbons (Fsp3) is 0.923. The van der Waals surface area contributed by atoms with Crippen molar-refractivity contribution in [3.63, 3.8) is 0 Å². The fourth-order valence-corrected chi connectivity index (χ4v) is 2.14. The lowest BCUT2D eigenvalue weighted by atomic mass is 9.87. The maximum atomic E-state index is 11.7. The number of amides is 1. The van der Waals surface area contributed by atoms with Crippen LogP contribution in [0.2, 0.25) is 0 Å². The second-order valence-corrected chi connectivity index (χ2v) is 5.64. The molecule has 1 aliphatic rings. The van der Waals surface area contributed by atoms with Gasteiger partial charge in [0.1, 0.15) is 0 Å². The Kier molecular flexibility index (Phi) is 5.26. The van der Waals surface area contributed by atoms with E-state index in [2.05, 4.69) is 26.1 Å². The predicted molar refractivity (Wildman–Crippen MR) is 67.0 cm³/mol. The van der Waals surface area contributed by atoms with Gasteiger partial charge in [0, 0.05) is 18.5 Å². The quantitative estimate of drug-likeness (QED) is 0.771. The Labute approximate surface area is 99.2 Å². The van der Waals surface area contributed by atoms with Crippen molar-refractivity contribution in [2.45, 2.75) is 65.0 Å². The summed E-state index contributed by atoms with van der Waals surface area (Å²) in [5.74, 6) is 1.32. The third-order valence-electron chi connectivity index (χ3n) is 3.66. The topological polar surface area (TPSA) is 55.1 Å². The molecule has 0 heterocycles. The van der Waals surface area contributed by atoms with Crippen molar-refractivity contribution in [3.8, 4) is 0 Å². The minimum Gasteiger partial charge on any atom is -0.353 e. The van der Waals surface area contributed by atoms with Gasteiger partial charge in [-0.2, -0.15) is 0 Å². The molecule has 1 aliphatic carbocycles. The highest BCUT2D eigenvalue weighted by atomic mass is 16.1. The first-order valence-electron chi connectivity index (χ1n) is 6.54. The van der Waals surface area contributed by atoms with Crippen LogP contribution in [0.3, 0.4) is 0 Å². The predicted octanol–water partition coefficient (Wildman–Crippen LogP) is 2.05. The van der Waals surface area contributed by atoms with Gasteiger partial charge in [-0.15, -0.1) is 0 Å². The zero-order valence-corrected chi connectivity index (χ0v) is 10.8. The summed E-state index contributed by atoms with van der Waals surface area (Å²) in [6, 6.07) is 0.380. The van der Waals surface area contributed by atoms with E-state index in [1.165, 1.54) is 12.8 Å². The number of rotatable bonds is 4. The molecule has 0 aromatic heterocycles. The lowest BCUT2D eigenvalue weighted by Crippen LogP contribution is -2.41. The van der Waals surface area contributed by atoms with Crippen LogP contribution in [-0.4, -0.2) is 18.0 Å². The highest BCUT2D eigenvalue weighted by Gasteiger charge is 2.21. The van der Waals surface area contributed by atoms with Crippen molar-refractivity contribution >= 4 is 5.91 Å². The molecule has 3 N–H and O–H groups in total. The van der Waals surface area contributed by atoms with Crippen LogP contribution >= 0.6 is 0 Å². The van der Waals surface area contributed by atoms with Crippen molar-refractivity contribution in [3.05, 3.63) is 0 Å². The second-order valence-electron chi connectivity index (χ2n) is 5.64. The van der Waals surface area contributed by atoms with Crippen LogP contribution in [0.15, 0.2) is 0 Å². The van der Waals surface area contributed by atoms with Gasteiger partial charge in [-0.05, 0) is 37.5 Å². The molecule has 0 radical (unpaired) electrons. The molecule has 3 nitrogen and oxygen atoms in total. The first kappa shape index (κ1) is 13.5. The summed E-state index contributed by atoms with van der Waals surface area (Å²) in [6.07, 6.45) is 5.19. The van der Waals surface area contributed by atoms with Gasteiger partial charge in [0.05, 0.1) is 0 Å². The maximum Gasteiger partial charge on any atom is 0.221 e. The molecule has 94 valence electrons. The molecule has 0 aromatic rings. The minimum absolute atomic E-state index is 0.0116. The van der Waals surface area contributed by atoms with Gasteiger partial charge in [0.15, 0.2) is 0 Å². The van der Waals surface area contributed by atoms with E-state index in [0.717, 1.165) is 18.8 Å². The average molecular weight is 226 g/mol. The maximum absolute atomic E-state index is 11.7. The van der Waals surface area contributed by atoms with Gasteiger partial charge in [-0.1, -0.05) is 20.8 Å². The van der Waals surface area contributed by atoms with E-state index in [-0.39, 0.29) is 11.9 Å². The summed E-state index contributed by atoms with van der Waals surface area (Å²) in [6.45, 7) is 6.40. The van der Waals surface area contributed by atoms with Gasteiger partial charge in [0.25, 0.3) is 0 Å². The van der Waals surface area contributed by atoms with Crippen LogP contribution in [0.4, 0.5) is 0 Å². The Hall–Kier alpha value is -0.570. The molecule has 0 saturated heterocycles. The van der Waals surface area contributed by atoms with Gasteiger partial charge < -0.3 is 11.1 Å². The van der Waals surface area contributed by atoms with Crippen molar-refractivity contribution in [2.75, 3.05) is 0 Å². The van der Waals surface area contributed by atoms with E-state index < -0.39 is 0 Å². The fourth-order valence-electron chi connectivity index (χ4n) is 2.14. The molecule has 3 heteroatoms. The summed E-state index contributed by atoms with van der Waals surface area (Å²) < 4.78 is 0. The Balaban J connectivity index is 2.24. The molecule has 0 aliphatic heterocycles. The van der Waals surface area contributed by atoms with E-state index in [4.69, 9.17) is 5.73 Å².